The lowest BCUT2D eigenvalue weighted by molar-refractivity contribution is 0.0981. The molecule has 5 rings (SSSR count). The zero-order chi connectivity index (χ0) is 28.9. The Hall–Kier alpha value is -3.62. The number of para-hydroxylation sites is 1. The van der Waals surface area contributed by atoms with E-state index >= 15 is 0 Å². The van der Waals surface area contributed by atoms with E-state index in [0.717, 1.165) is 63.5 Å². The van der Waals surface area contributed by atoms with Crippen molar-refractivity contribution >= 4 is 52.1 Å². The Morgan fingerprint density at radius 1 is 1.07 bits per heavy atom. The molecule has 2 aliphatic heterocycles. The Bertz CT molecular complexity index is 1450. The minimum Gasteiger partial charge on any atom is -0.495 e. The summed E-state index contributed by atoms with van der Waals surface area (Å²) in [7, 11) is 3.85. The van der Waals surface area contributed by atoms with Crippen LogP contribution in [0, 0.1) is 11.3 Å². The number of hydrogen-bond acceptors (Lipinski definition) is 9. The van der Waals surface area contributed by atoms with Crippen LogP contribution in [0.5, 0.6) is 5.75 Å². The van der Waals surface area contributed by atoms with E-state index in [0.29, 0.717) is 11.7 Å². The Morgan fingerprint density at radius 3 is 2.54 bits per heavy atom. The molecule has 3 aromatic rings. The Morgan fingerprint density at radius 2 is 1.83 bits per heavy atom. The molecule has 2 fully saturated rings. The van der Waals surface area contributed by atoms with Gasteiger partial charge in [0.2, 0.25) is 5.95 Å². The van der Waals surface area contributed by atoms with E-state index in [9.17, 15) is 10.1 Å². The molecule has 10 nitrogen and oxygen atoms in total. The second-order valence-corrected chi connectivity index (χ2v) is 11.0. The van der Waals surface area contributed by atoms with Crippen molar-refractivity contribution in [1.29, 1.82) is 5.26 Å². The van der Waals surface area contributed by atoms with Crippen molar-refractivity contribution in [3.8, 4) is 11.8 Å². The number of rotatable bonds is 7. The number of amides is 1. The van der Waals surface area contributed by atoms with Crippen molar-refractivity contribution in [3.63, 3.8) is 0 Å². The number of likely N-dealkylation sites (N-methyl/N-ethyl adjacent to an activating group) is 1. The SMILES string of the molecule is COc1cc(Nc2ncc(Cl)c(C(=O)Nc3c(Cl)cccc3C#N)n2)ccc1N1CCC(N2CCN(C)CC2)CC1. The Kier molecular flexibility index (Phi) is 9.10. The highest BCUT2D eigenvalue weighted by Gasteiger charge is 2.28. The molecule has 2 aromatic carbocycles. The average Bonchev–Trinajstić information content (AvgIpc) is 2.99. The number of anilines is 4. The molecule has 3 heterocycles. The van der Waals surface area contributed by atoms with Crippen LogP contribution in [0.2, 0.25) is 10.0 Å². The number of methoxy groups -OCH3 is 1. The van der Waals surface area contributed by atoms with Crippen molar-refractivity contribution in [2.75, 3.05) is 69.0 Å². The number of halogens is 2. The highest BCUT2D eigenvalue weighted by Crippen LogP contribution is 2.34. The molecule has 12 heteroatoms. The summed E-state index contributed by atoms with van der Waals surface area (Å²) < 4.78 is 5.75. The van der Waals surface area contributed by atoms with Gasteiger partial charge in [-0.3, -0.25) is 9.69 Å². The Balaban J connectivity index is 1.26. The van der Waals surface area contributed by atoms with Gasteiger partial charge in [-0.25, -0.2) is 9.97 Å². The van der Waals surface area contributed by atoms with Gasteiger partial charge in [-0.2, -0.15) is 5.26 Å². The Labute approximate surface area is 249 Å². The van der Waals surface area contributed by atoms with E-state index < -0.39 is 5.91 Å². The molecular formula is C29H32Cl2N8O2. The molecule has 2 saturated heterocycles. The maximum atomic E-state index is 13.0. The average molecular weight is 596 g/mol. The zero-order valence-electron chi connectivity index (χ0n) is 23.0. The first-order valence-corrected chi connectivity index (χ1v) is 14.3. The fourth-order valence-corrected chi connectivity index (χ4v) is 5.71. The number of hydrogen-bond donors (Lipinski definition) is 2. The smallest absolute Gasteiger partial charge is 0.276 e. The van der Waals surface area contributed by atoms with Gasteiger partial charge in [-0.05, 0) is 44.2 Å². The van der Waals surface area contributed by atoms with Gasteiger partial charge in [-0.1, -0.05) is 29.3 Å². The lowest BCUT2D eigenvalue weighted by Gasteiger charge is -2.42. The predicted molar refractivity (Wildman–Crippen MR) is 162 cm³/mol. The standard InChI is InChI=1S/C29H32Cl2N8O2/c1-37-12-14-38(15-13-37)21-8-10-39(11-9-21)24-7-6-20(16-25(24)41-2)34-29-33-18-23(31)27(36-29)28(40)35-26-19(17-32)4-3-5-22(26)30/h3-7,16,18,21H,8-15H2,1-2H3,(H,35,40)(H,33,34,36). The minimum atomic E-state index is -0.613. The number of piperazine rings is 1. The zero-order valence-corrected chi connectivity index (χ0v) is 24.5. The molecule has 0 radical (unpaired) electrons. The van der Waals surface area contributed by atoms with E-state index in [-0.39, 0.29) is 32.9 Å². The van der Waals surface area contributed by atoms with E-state index in [1.807, 2.05) is 24.3 Å². The van der Waals surface area contributed by atoms with Crippen LogP contribution >= 0.6 is 23.2 Å². The predicted octanol–water partition coefficient (Wildman–Crippen LogP) is 4.88. The summed E-state index contributed by atoms with van der Waals surface area (Å²) in [6, 6.07) is 13.3. The number of piperidine rings is 1. The van der Waals surface area contributed by atoms with Crippen molar-refractivity contribution in [3.05, 3.63) is 63.9 Å². The molecule has 0 spiro atoms. The third-order valence-corrected chi connectivity index (χ3v) is 8.22. The fraction of sp³-hybridized carbons (Fsp3) is 0.379. The summed E-state index contributed by atoms with van der Waals surface area (Å²) in [6.07, 6.45) is 3.60. The maximum absolute atomic E-state index is 13.0. The highest BCUT2D eigenvalue weighted by atomic mass is 35.5. The van der Waals surface area contributed by atoms with Crippen LogP contribution in [0.15, 0.2) is 42.6 Å². The summed E-state index contributed by atoms with van der Waals surface area (Å²) in [6.45, 7) is 6.49. The number of ether oxygens (including phenoxy) is 1. The van der Waals surface area contributed by atoms with Crippen molar-refractivity contribution in [1.82, 2.24) is 19.8 Å². The van der Waals surface area contributed by atoms with Gasteiger partial charge in [0.25, 0.3) is 5.91 Å². The second kappa shape index (κ2) is 12.9. The second-order valence-electron chi connectivity index (χ2n) is 10.2. The molecular weight excluding hydrogens is 563 g/mol. The summed E-state index contributed by atoms with van der Waals surface area (Å²) in [5.74, 6) is 0.308. The van der Waals surface area contributed by atoms with Gasteiger partial charge in [0.1, 0.15) is 11.8 Å². The summed E-state index contributed by atoms with van der Waals surface area (Å²) >= 11 is 12.5. The van der Waals surface area contributed by atoms with Gasteiger partial charge in [0.15, 0.2) is 5.69 Å². The topological polar surface area (TPSA) is 110 Å². The van der Waals surface area contributed by atoms with Crippen molar-refractivity contribution in [2.24, 2.45) is 0 Å². The molecule has 0 unspecified atom stereocenters. The van der Waals surface area contributed by atoms with Gasteiger partial charge in [-0.15, -0.1) is 0 Å². The van der Waals surface area contributed by atoms with Crippen LogP contribution in [0.25, 0.3) is 0 Å². The van der Waals surface area contributed by atoms with E-state index in [1.165, 1.54) is 6.20 Å². The van der Waals surface area contributed by atoms with Gasteiger partial charge < -0.3 is 25.2 Å². The first kappa shape index (κ1) is 28.9. The molecule has 0 saturated carbocycles. The molecule has 0 bridgehead atoms. The first-order chi connectivity index (χ1) is 19.9. The molecule has 0 aliphatic carbocycles. The van der Waals surface area contributed by atoms with Crippen LogP contribution < -0.4 is 20.3 Å². The summed E-state index contributed by atoms with van der Waals surface area (Å²) in [5.41, 5.74) is 2.10. The summed E-state index contributed by atoms with van der Waals surface area (Å²) in [4.78, 5) is 29.0. The monoisotopic (exact) mass is 594 g/mol. The number of carbonyl (C=O) groups excluding carboxylic acids is 1. The van der Waals surface area contributed by atoms with E-state index in [2.05, 4.69) is 42.3 Å². The number of nitrogens with zero attached hydrogens (tertiary/aromatic N) is 6. The third kappa shape index (κ3) is 6.66. The molecule has 41 heavy (non-hydrogen) atoms. The first-order valence-electron chi connectivity index (χ1n) is 13.5. The van der Waals surface area contributed by atoms with Crippen LogP contribution in [0.3, 0.4) is 0 Å². The molecule has 0 atom stereocenters. The van der Waals surface area contributed by atoms with E-state index in [1.54, 1.807) is 25.3 Å². The largest absolute Gasteiger partial charge is 0.495 e. The minimum absolute atomic E-state index is 0.0558. The summed E-state index contributed by atoms with van der Waals surface area (Å²) in [5, 5.41) is 15.4. The van der Waals surface area contributed by atoms with Crippen LogP contribution in [-0.4, -0.2) is 85.1 Å². The van der Waals surface area contributed by atoms with Crippen molar-refractivity contribution < 1.29 is 9.53 Å². The van der Waals surface area contributed by atoms with E-state index in [4.69, 9.17) is 27.9 Å². The van der Waals surface area contributed by atoms with Crippen LogP contribution in [-0.2, 0) is 0 Å². The maximum Gasteiger partial charge on any atom is 0.276 e. The number of carbonyl (C=O) groups is 1. The van der Waals surface area contributed by atoms with Gasteiger partial charge in [0.05, 0.1) is 40.3 Å². The number of aromatic nitrogens is 2. The third-order valence-electron chi connectivity index (χ3n) is 7.63. The quantitative estimate of drug-likeness (QED) is 0.395. The molecule has 1 amide bonds. The molecule has 214 valence electrons. The van der Waals surface area contributed by atoms with Gasteiger partial charge >= 0.3 is 0 Å². The number of nitriles is 1. The number of benzene rings is 2. The molecule has 1 aromatic heterocycles. The fourth-order valence-electron chi connectivity index (χ4n) is 5.31. The van der Waals surface area contributed by atoms with Crippen LogP contribution in [0.1, 0.15) is 28.9 Å². The van der Waals surface area contributed by atoms with Gasteiger partial charge in [0, 0.05) is 57.1 Å². The highest BCUT2D eigenvalue weighted by molar-refractivity contribution is 6.35. The normalized spacial score (nSPS) is 16.7. The molecule has 2 N–H and O–H groups in total. The lowest BCUT2D eigenvalue weighted by atomic mass is 10.0. The van der Waals surface area contributed by atoms with Crippen LogP contribution in [0.4, 0.5) is 23.0 Å². The van der Waals surface area contributed by atoms with Crippen molar-refractivity contribution in [2.45, 2.75) is 18.9 Å². The molecule has 2 aliphatic rings. The number of nitrogens with one attached hydrogen (secondary N) is 2. The lowest BCUT2D eigenvalue weighted by Crippen LogP contribution is -2.52.